The van der Waals surface area contributed by atoms with E-state index in [1.807, 2.05) is 5.32 Å². The minimum Gasteiger partial charge on any atom is -0.481 e. The number of carboxylic acid groups (broad SMARTS) is 3. The maximum Gasteiger partial charge on any atom is 0.328 e. The molecule has 1 rings (SSSR count). The van der Waals surface area contributed by atoms with Gasteiger partial charge >= 0.3 is 17.9 Å². The van der Waals surface area contributed by atoms with Crippen LogP contribution in [0.4, 0.5) is 0 Å². The Kier molecular flexibility index (Phi) is 11.8. The molecule has 0 aliphatic carbocycles. The van der Waals surface area contributed by atoms with Crippen molar-refractivity contribution in [2.24, 2.45) is 5.73 Å². The SMILES string of the molecule is NC(CC(=O)O)C(=O)NC(Cc1ccccc1)C(=O)NC(CCC(=O)O)C(=O)NC(CO)C(=O)O. The van der Waals surface area contributed by atoms with E-state index in [1.54, 1.807) is 30.3 Å². The van der Waals surface area contributed by atoms with Gasteiger partial charge in [-0.15, -0.1) is 0 Å². The number of nitrogens with one attached hydrogen (secondary N) is 3. The molecule has 14 heteroatoms. The van der Waals surface area contributed by atoms with Gasteiger partial charge in [0.15, 0.2) is 0 Å². The third-order valence-corrected chi connectivity index (χ3v) is 4.72. The standard InChI is InChI=1S/C21H28N4O10/c22-12(9-17(29)30)18(31)24-14(8-11-4-2-1-3-5-11)20(33)23-13(6-7-16(27)28)19(32)25-15(10-26)21(34)35/h1-5,12-15,26H,6-10,22H2,(H,23,33)(H,24,31)(H,25,32)(H,27,28)(H,29,30)(H,34,35). The number of aliphatic carboxylic acids is 3. The predicted molar refractivity (Wildman–Crippen MR) is 118 cm³/mol. The molecule has 0 aromatic heterocycles. The van der Waals surface area contributed by atoms with Crippen molar-refractivity contribution in [1.29, 1.82) is 0 Å². The van der Waals surface area contributed by atoms with Gasteiger partial charge in [-0.1, -0.05) is 30.3 Å². The van der Waals surface area contributed by atoms with E-state index in [1.165, 1.54) is 0 Å². The molecule has 0 heterocycles. The molecular formula is C21H28N4O10. The van der Waals surface area contributed by atoms with Crippen LogP contribution >= 0.6 is 0 Å². The van der Waals surface area contributed by atoms with Gasteiger partial charge in [-0.2, -0.15) is 0 Å². The molecule has 4 atom stereocenters. The smallest absolute Gasteiger partial charge is 0.328 e. The van der Waals surface area contributed by atoms with Gasteiger partial charge in [0.1, 0.15) is 18.1 Å². The Balaban J connectivity index is 3.10. The molecule has 0 saturated carbocycles. The number of carbonyl (C=O) groups excluding carboxylic acids is 3. The Morgan fingerprint density at radius 2 is 1.31 bits per heavy atom. The first-order valence-electron chi connectivity index (χ1n) is 10.4. The van der Waals surface area contributed by atoms with E-state index in [0.717, 1.165) is 0 Å². The van der Waals surface area contributed by atoms with Gasteiger partial charge < -0.3 is 42.1 Å². The van der Waals surface area contributed by atoms with Gasteiger partial charge in [-0.25, -0.2) is 4.79 Å². The summed E-state index contributed by atoms with van der Waals surface area (Å²) < 4.78 is 0. The number of benzene rings is 1. The summed E-state index contributed by atoms with van der Waals surface area (Å²) in [6.07, 6.45) is -1.77. The summed E-state index contributed by atoms with van der Waals surface area (Å²) in [4.78, 5) is 70.8. The molecule has 3 amide bonds. The van der Waals surface area contributed by atoms with Crippen LogP contribution in [0.2, 0.25) is 0 Å². The lowest BCUT2D eigenvalue weighted by atomic mass is 10.0. The number of rotatable bonds is 15. The van der Waals surface area contributed by atoms with Crippen molar-refractivity contribution in [3.8, 4) is 0 Å². The maximum atomic E-state index is 13.0. The molecule has 0 bridgehead atoms. The lowest BCUT2D eigenvalue weighted by Gasteiger charge is -2.24. The van der Waals surface area contributed by atoms with Crippen LogP contribution in [0.25, 0.3) is 0 Å². The number of hydrogen-bond donors (Lipinski definition) is 8. The Morgan fingerprint density at radius 3 is 1.83 bits per heavy atom. The molecule has 192 valence electrons. The highest BCUT2D eigenvalue weighted by Gasteiger charge is 2.31. The van der Waals surface area contributed by atoms with Crippen LogP contribution in [0, 0.1) is 0 Å². The average molecular weight is 496 g/mol. The van der Waals surface area contributed by atoms with Crippen molar-refractivity contribution in [2.45, 2.75) is 49.9 Å². The Hall–Kier alpha value is -4.04. The molecule has 9 N–H and O–H groups in total. The molecule has 0 aliphatic rings. The molecular weight excluding hydrogens is 468 g/mol. The first-order chi connectivity index (χ1) is 16.4. The number of aliphatic hydroxyl groups is 1. The lowest BCUT2D eigenvalue weighted by molar-refractivity contribution is -0.144. The maximum absolute atomic E-state index is 13.0. The summed E-state index contributed by atoms with van der Waals surface area (Å²) in [6.45, 7) is -0.950. The minimum absolute atomic E-state index is 0.0835. The van der Waals surface area contributed by atoms with E-state index in [2.05, 4.69) is 10.6 Å². The fourth-order valence-corrected chi connectivity index (χ4v) is 2.89. The molecule has 4 unspecified atom stereocenters. The van der Waals surface area contributed by atoms with Gasteiger partial charge in [-0.05, 0) is 12.0 Å². The van der Waals surface area contributed by atoms with Gasteiger partial charge in [0.05, 0.1) is 19.1 Å². The summed E-state index contributed by atoms with van der Waals surface area (Å²) in [5, 5.41) is 42.5. The predicted octanol–water partition coefficient (Wildman–Crippen LogP) is -2.57. The molecule has 35 heavy (non-hydrogen) atoms. The third-order valence-electron chi connectivity index (χ3n) is 4.72. The second-order valence-electron chi connectivity index (χ2n) is 7.53. The van der Waals surface area contributed by atoms with Gasteiger partial charge in [0.2, 0.25) is 17.7 Å². The van der Waals surface area contributed by atoms with Gasteiger partial charge in [-0.3, -0.25) is 24.0 Å². The normalized spacial score (nSPS) is 14.0. The Morgan fingerprint density at radius 1 is 0.771 bits per heavy atom. The van der Waals surface area contributed by atoms with Crippen LogP contribution in [-0.4, -0.2) is 86.8 Å². The van der Waals surface area contributed by atoms with Crippen LogP contribution in [0.1, 0.15) is 24.8 Å². The summed E-state index contributed by atoms with van der Waals surface area (Å²) >= 11 is 0. The summed E-state index contributed by atoms with van der Waals surface area (Å²) in [5.74, 6) is -7.10. The molecule has 0 radical (unpaired) electrons. The second kappa shape index (κ2) is 14.3. The number of hydrogen-bond acceptors (Lipinski definition) is 8. The number of carboxylic acids is 3. The molecule has 0 spiro atoms. The molecule has 1 aromatic carbocycles. The minimum atomic E-state index is -1.69. The van der Waals surface area contributed by atoms with Crippen molar-refractivity contribution in [3.05, 3.63) is 35.9 Å². The highest BCUT2D eigenvalue weighted by Crippen LogP contribution is 2.07. The van der Waals surface area contributed by atoms with Crippen LogP contribution in [-0.2, 0) is 35.2 Å². The first-order valence-corrected chi connectivity index (χ1v) is 10.4. The average Bonchev–Trinajstić information content (AvgIpc) is 2.79. The van der Waals surface area contributed by atoms with Crippen LogP contribution in [0.15, 0.2) is 30.3 Å². The van der Waals surface area contributed by atoms with Crippen LogP contribution in [0.5, 0.6) is 0 Å². The Labute approximate surface area is 199 Å². The van der Waals surface area contributed by atoms with E-state index in [9.17, 15) is 28.8 Å². The number of carbonyl (C=O) groups is 6. The highest BCUT2D eigenvalue weighted by atomic mass is 16.4. The van der Waals surface area contributed by atoms with E-state index in [-0.39, 0.29) is 6.42 Å². The zero-order valence-corrected chi connectivity index (χ0v) is 18.5. The van der Waals surface area contributed by atoms with Crippen molar-refractivity contribution in [3.63, 3.8) is 0 Å². The lowest BCUT2D eigenvalue weighted by Crippen LogP contribution is -2.58. The zero-order valence-electron chi connectivity index (χ0n) is 18.5. The summed E-state index contributed by atoms with van der Waals surface area (Å²) in [6, 6.07) is 2.35. The number of aliphatic hydroxyl groups excluding tert-OH is 1. The van der Waals surface area contributed by atoms with E-state index < -0.39 is 85.7 Å². The van der Waals surface area contributed by atoms with E-state index >= 15 is 0 Å². The molecule has 1 aromatic rings. The quantitative estimate of drug-likeness (QED) is 0.125. The molecule has 14 nitrogen and oxygen atoms in total. The van der Waals surface area contributed by atoms with E-state index in [4.69, 9.17) is 26.2 Å². The van der Waals surface area contributed by atoms with E-state index in [0.29, 0.717) is 5.56 Å². The monoisotopic (exact) mass is 496 g/mol. The molecule has 0 saturated heterocycles. The summed E-state index contributed by atoms with van der Waals surface area (Å²) in [7, 11) is 0. The van der Waals surface area contributed by atoms with Crippen molar-refractivity contribution in [1.82, 2.24) is 16.0 Å². The molecule has 0 aliphatic heterocycles. The highest BCUT2D eigenvalue weighted by molar-refractivity contribution is 5.95. The first kappa shape index (κ1) is 29.0. The van der Waals surface area contributed by atoms with Crippen LogP contribution in [0.3, 0.4) is 0 Å². The Bertz CT molecular complexity index is 924. The zero-order chi connectivity index (χ0) is 26.5. The number of amides is 3. The van der Waals surface area contributed by atoms with Crippen LogP contribution < -0.4 is 21.7 Å². The van der Waals surface area contributed by atoms with Crippen molar-refractivity contribution >= 4 is 35.6 Å². The van der Waals surface area contributed by atoms with Crippen molar-refractivity contribution < 1.29 is 49.2 Å². The fraction of sp³-hybridized carbons (Fsp3) is 0.429. The van der Waals surface area contributed by atoms with Gasteiger partial charge in [0, 0.05) is 12.8 Å². The largest absolute Gasteiger partial charge is 0.481 e. The third kappa shape index (κ3) is 10.6. The van der Waals surface area contributed by atoms with Gasteiger partial charge in [0.25, 0.3) is 0 Å². The summed E-state index contributed by atoms with van der Waals surface area (Å²) in [5.41, 5.74) is 6.15. The number of nitrogens with two attached hydrogens (primary N) is 1. The molecule has 0 fully saturated rings. The topological polar surface area (TPSA) is 245 Å². The second-order valence-corrected chi connectivity index (χ2v) is 7.53. The van der Waals surface area contributed by atoms with Crippen molar-refractivity contribution in [2.75, 3.05) is 6.61 Å². The fourth-order valence-electron chi connectivity index (χ4n) is 2.89.